The van der Waals surface area contributed by atoms with Crippen LogP contribution in [0.4, 0.5) is 0 Å². The molecule has 4 heteroatoms. The summed E-state index contributed by atoms with van der Waals surface area (Å²) in [6.07, 6.45) is 2.92. The number of carbonyl (C=O) groups is 1. The molecule has 0 aromatic heterocycles. The normalized spacial score (nSPS) is 16.3. The second-order valence-corrected chi connectivity index (χ2v) is 7.05. The van der Waals surface area contributed by atoms with Gasteiger partial charge in [-0.15, -0.1) is 0 Å². The highest BCUT2D eigenvalue weighted by atomic mass is 16.5. The molecule has 2 unspecified atom stereocenters. The largest absolute Gasteiger partial charge is 0.468 e. The second kappa shape index (κ2) is 9.42. The fraction of sp³-hybridized carbons (Fsp3) is 0.941. The molecule has 0 amide bonds. The van der Waals surface area contributed by atoms with Crippen LogP contribution in [0.2, 0.25) is 0 Å². The maximum absolute atomic E-state index is 12.0. The van der Waals surface area contributed by atoms with E-state index in [0.717, 1.165) is 25.8 Å². The molecule has 0 aromatic rings. The van der Waals surface area contributed by atoms with Crippen LogP contribution in [-0.4, -0.2) is 49.2 Å². The summed E-state index contributed by atoms with van der Waals surface area (Å²) in [5.41, 5.74) is -0.578. The Morgan fingerprint density at radius 2 is 1.76 bits per heavy atom. The smallest absolute Gasteiger partial charge is 0.325 e. The minimum absolute atomic E-state index is 0.167. The standard InChI is InChI=1S/C17H36N2O2/c1-13(2)15(5)19(7)12-10-9-11-17(6,16(20)21-8)18-14(3)4/h13-15,18H,9-12H2,1-8H3. The van der Waals surface area contributed by atoms with Gasteiger partial charge in [0, 0.05) is 12.1 Å². The van der Waals surface area contributed by atoms with Crippen LogP contribution in [0.5, 0.6) is 0 Å². The lowest BCUT2D eigenvalue weighted by atomic mass is 9.93. The van der Waals surface area contributed by atoms with Gasteiger partial charge in [0.05, 0.1) is 7.11 Å². The van der Waals surface area contributed by atoms with Crippen LogP contribution in [0.15, 0.2) is 0 Å². The molecule has 0 saturated heterocycles. The van der Waals surface area contributed by atoms with Crippen molar-refractivity contribution in [3.63, 3.8) is 0 Å². The molecule has 21 heavy (non-hydrogen) atoms. The van der Waals surface area contributed by atoms with Crippen LogP contribution in [0.1, 0.15) is 60.8 Å². The molecule has 0 bridgehead atoms. The number of carbonyl (C=O) groups excluding carboxylic acids is 1. The monoisotopic (exact) mass is 300 g/mol. The van der Waals surface area contributed by atoms with Crippen LogP contribution in [0.3, 0.4) is 0 Å². The van der Waals surface area contributed by atoms with E-state index in [-0.39, 0.29) is 12.0 Å². The van der Waals surface area contributed by atoms with Gasteiger partial charge in [-0.3, -0.25) is 10.1 Å². The van der Waals surface area contributed by atoms with Crippen molar-refractivity contribution in [1.29, 1.82) is 0 Å². The Hall–Kier alpha value is -0.610. The van der Waals surface area contributed by atoms with Crippen LogP contribution in [0.25, 0.3) is 0 Å². The lowest BCUT2D eigenvalue weighted by molar-refractivity contribution is -0.148. The van der Waals surface area contributed by atoms with Gasteiger partial charge < -0.3 is 9.64 Å². The predicted octanol–water partition coefficient (Wildman–Crippen LogP) is 3.06. The van der Waals surface area contributed by atoms with Crippen LogP contribution < -0.4 is 5.32 Å². The molecule has 0 fully saturated rings. The number of unbranched alkanes of at least 4 members (excludes halogenated alkanes) is 1. The van der Waals surface area contributed by atoms with Gasteiger partial charge in [-0.1, -0.05) is 13.8 Å². The zero-order chi connectivity index (χ0) is 16.6. The van der Waals surface area contributed by atoms with Gasteiger partial charge in [-0.25, -0.2) is 0 Å². The van der Waals surface area contributed by atoms with Crippen molar-refractivity contribution >= 4 is 5.97 Å². The molecule has 4 nitrogen and oxygen atoms in total. The Labute approximate surface area is 131 Å². The van der Waals surface area contributed by atoms with Gasteiger partial charge >= 0.3 is 5.97 Å². The molecule has 1 N–H and O–H groups in total. The first-order valence-electron chi connectivity index (χ1n) is 8.20. The number of esters is 1. The van der Waals surface area contributed by atoms with Gasteiger partial charge in [-0.2, -0.15) is 0 Å². The number of rotatable bonds is 10. The number of ether oxygens (including phenoxy) is 1. The summed E-state index contributed by atoms with van der Waals surface area (Å²) in [5.74, 6) is 0.498. The van der Waals surface area contributed by atoms with Crippen LogP contribution >= 0.6 is 0 Å². The highest BCUT2D eigenvalue weighted by Crippen LogP contribution is 2.18. The Morgan fingerprint density at radius 3 is 2.19 bits per heavy atom. The summed E-state index contributed by atoms with van der Waals surface area (Å²) in [7, 11) is 3.64. The van der Waals surface area contributed by atoms with E-state index in [9.17, 15) is 4.79 Å². The fourth-order valence-electron chi connectivity index (χ4n) is 2.65. The molecule has 0 aliphatic heterocycles. The average Bonchev–Trinajstić information content (AvgIpc) is 2.40. The van der Waals surface area contributed by atoms with Crippen molar-refractivity contribution in [3.05, 3.63) is 0 Å². The Bertz CT molecular complexity index is 305. The maximum Gasteiger partial charge on any atom is 0.325 e. The summed E-state index contributed by atoms with van der Waals surface area (Å²) < 4.78 is 4.95. The number of nitrogens with zero attached hydrogens (tertiary/aromatic N) is 1. The molecule has 0 aliphatic rings. The third-order valence-corrected chi connectivity index (χ3v) is 4.34. The molecule has 2 atom stereocenters. The van der Waals surface area contributed by atoms with E-state index >= 15 is 0 Å². The number of nitrogens with one attached hydrogen (secondary N) is 1. The van der Waals surface area contributed by atoms with E-state index in [1.807, 2.05) is 6.92 Å². The van der Waals surface area contributed by atoms with Crippen molar-refractivity contribution in [3.8, 4) is 0 Å². The maximum atomic E-state index is 12.0. The first-order valence-corrected chi connectivity index (χ1v) is 8.20. The topological polar surface area (TPSA) is 41.6 Å². The van der Waals surface area contributed by atoms with Gasteiger partial charge in [-0.05, 0) is 66.5 Å². The first kappa shape index (κ1) is 20.4. The van der Waals surface area contributed by atoms with E-state index in [1.165, 1.54) is 7.11 Å². The van der Waals surface area contributed by atoms with E-state index < -0.39 is 5.54 Å². The minimum atomic E-state index is -0.578. The van der Waals surface area contributed by atoms with Crippen molar-refractivity contribution in [2.75, 3.05) is 20.7 Å². The summed E-state index contributed by atoms with van der Waals surface area (Å²) in [5, 5.41) is 3.35. The molecule has 0 aromatic carbocycles. The van der Waals surface area contributed by atoms with Crippen LogP contribution in [-0.2, 0) is 9.53 Å². The highest BCUT2D eigenvalue weighted by Gasteiger charge is 2.34. The predicted molar refractivity (Wildman–Crippen MR) is 89.5 cm³/mol. The van der Waals surface area contributed by atoms with Crippen molar-refractivity contribution in [2.45, 2.75) is 78.4 Å². The number of hydrogen-bond acceptors (Lipinski definition) is 4. The Balaban J connectivity index is 4.30. The first-order chi connectivity index (χ1) is 9.64. The lowest BCUT2D eigenvalue weighted by Gasteiger charge is -2.31. The molecular formula is C17H36N2O2. The third kappa shape index (κ3) is 7.28. The van der Waals surface area contributed by atoms with Gasteiger partial charge in [0.15, 0.2) is 0 Å². The van der Waals surface area contributed by atoms with Gasteiger partial charge in [0.1, 0.15) is 5.54 Å². The minimum Gasteiger partial charge on any atom is -0.468 e. The lowest BCUT2D eigenvalue weighted by Crippen LogP contribution is -2.53. The molecule has 0 aliphatic carbocycles. The molecule has 0 rings (SSSR count). The van der Waals surface area contributed by atoms with Crippen molar-refractivity contribution in [2.24, 2.45) is 5.92 Å². The quantitative estimate of drug-likeness (QED) is 0.497. The van der Waals surface area contributed by atoms with Crippen molar-refractivity contribution < 1.29 is 9.53 Å². The van der Waals surface area contributed by atoms with Gasteiger partial charge in [0.25, 0.3) is 0 Å². The zero-order valence-electron chi connectivity index (χ0n) is 15.3. The molecule has 0 radical (unpaired) electrons. The third-order valence-electron chi connectivity index (χ3n) is 4.34. The summed E-state index contributed by atoms with van der Waals surface area (Å²) in [4.78, 5) is 14.4. The van der Waals surface area contributed by atoms with E-state index in [0.29, 0.717) is 12.0 Å². The molecular weight excluding hydrogens is 264 g/mol. The second-order valence-electron chi connectivity index (χ2n) is 7.05. The molecule has 0 saturated carbocycles. The van der Waals surface area contributed by atoms with Crippen molar-refractivity contribution in [1.82, 2.24) is 10.2 Å². The van der Waals surface area contributed by atoms with E-state index in [1.54, 1.807) is 0 Å². The zero-order valence-corrected chi connectivity index (χ0v) is 15.3. The summed E-state index contributed by atoms with van der Waals surface area (Å²) in [6.45, 7) is 13.9. The molecule has 0 heterocycles. The van der Waals surface area contributed by atoms with Crippen LogP contribution in [0, 0.1) is 5.92 Å². The van der Waals surface area contributed by atoms with E-state index in [2.05, 4.69) is 51.9 Å². The van der Waals surface area contributed by atoms with Gasteiger partial charge in [0.2, 0.25) is 0 Å². The van der Waals surface area contributed by atoms with E-state index in [4.69, 9.17) is 4.74 Å². The Morgan fingerprint density at radius 1 is 1.19 bits per heavy atom. The highest BCUT2D eigenvalue weighted by molar-refractivity contribution is 5.80. The summed E-state index contributed by atoms with van der Waals surface area (Å²) >= 11 is 0. The SMILES string of the molecule is COC(=O)C(C)(CCCCN(C)C(C)C(C)C)NC(C)C. The Kier molecular flexibility index (Phi) is 9.14. The average molecular weight is 300 g/mol. The molecule has 126 valence electrons. The summed E-state index contributed by atoms with van der Waals surface area (Å²) in [6, 6.07) is 0.850. The number of methoxy groups -OCH3 is 1. The fourth-order valence-corrected chi connectivity index (χ4v) is 2.65. The number of hydrogen-bond donors (Lipinski definition) is 1. The molecule has 0 spiro atoms.